The lowest BCUT2D eigenvalue weighted by atomic mass is 10.3. The SMILES string of the molecule is Cc1ccc(CCNC(=O)CN(C)C(N)=O)o1. The number of hydrogen-bond donors (Lipinski definition) is 2. The molecule has 0 aliphatic heterocycles. The lowest BCUT2D eigenvalue weighted by Crippen LogP contribution is -2.41. The molecule has 1 heterocycles. The number of furan rings is 1. The zero-order valence-electron chi connectivity index (χ0n) is 10.0. The van der Waals surface area contributed by atoms with Gasteiger partial charge in [-0.05, 0) is 19.1 Å². The number of urea groups is 1. The molecule has 0 unspecified atom stereocenters. The van der Waals surface area contributed by atoms with E-state index in [0.29, 0.717) is 13.0 Å². The third-order valence-electron chi connectivity index (χ3n) is 2.25. The number of hydrogen-bond acceptors (Lipinski definition) is 3. The lowest BCUT2D eigenvalue weighted by Gasteiger charge is -2.13. The quantitative estimate of drug-likeness (QED) is 0.772. The van der Waals surface area contributed by atoms with Crippen LogP contribution in [0.1, 0.15) is 11.5 Å². The van der Waals surface area contributed by atoms with E-state index >= 15 is 0 Å². The van der Waals surface area contributed by atoms with Crippen molar-refractivity contribution in [2.24, 2.45) is 5.73 Å². The number of carbonyl (C=O) groups excluding carboxylic acids is 2. The van der Waals surface area contributed by atoms with E-state index in [1.54, 1.807) is 0 Å². The smallest absolute Gasteiger partial charge is 0.314 e. The van der Waals surface area contributed by atoms with E-state index in [4.69, 9.17) is 10.2 Å². The number of rotatable bonds is 5. The monoisotopic (exact) mass is 239 g/mol. The molecule has 6 heteroatoms. The number of primary amides is 1. The summed E-state index contributed by atoms with van der Waals surface area (Å²) in [4.78, 5) is 23.2. The van der Waals surface area contributed by atoms with Crippen molar-refractivity contribution in [2.75, 3.05) is 20.1 Å². The average molecular weight is 239 g/mol. The largest absolute Gasteiger partial charge is 0.466 e. The van der Waals surface area contributed by atoms with E-state index < -0.39 is 6.03 Å². The summed E-state index contributed by atoms with van der Waals surface area (Å²) in [5, 5.41) is 2.68. The van der Waals surface area contributed by atoms with Crippen molar-refractivity contribution in [3.8, 4) is 0 Å². The molecule has 3 amide bonds. The molecule has 17 heavy (non-hydrogen) atoms. The van der Waals surface area contributed by atoms with Gasteiger partial charge in [-0.25, -0.2) is 4.79 Å². The van der Waals surface area contributed by atoms with E-state index in [0.717, 1.165) is 16.4 Å². The Morgan fingerprint density at radius 2 is 2.18 bits per heavy atom. The van der Waals surface area contributed by atoms with Crippen molar-refractivity contribution in [3.05, 3.63) is 23.7 Å². The first-order valence-electron chi connectivity index (χ1n) is 5.31. The third-order valence-corrected chi connectivity index (χ3v) is 2.25. The van der Waals surface area contributed by atoms with Gasteiger partial charge in [0.25, 0.3) is 0 Å². The number of nitrogens with zero attached hydrogens (tertiary/aromatic N) is 1. The summed E-state index contributed by atoms with van der Waals surface area (Å²) in [6.07, 6.45) is 0.625. The molecule has 0 aliphatic carbocycles. The van der Waals surface area contributed by atoms with Gasteiger partial charge in [0.2, 0.25) is 5.91 Å². The van der Waals surface area contributed by atoms with Gasteiger partial charge in [0.15, 0.2) is 0 Å². The minimum absolute atomic E-state index is 0.0352. The Kier molecular flexibility index (Phi) is 4.56. The molecule has 1 rings (SSSR count). The van der Waals surface area contributed by atoms with Crippen molar-refractivity contribution < 1.29 is 14.0 Å². The van der Waals surface area contributed by atoms with E-state index in [9.17, 15) is 9.59 Å². The fourth-order valence-electron chi connectivity index (χ4n) is 1.29. The summed E-state index contributed by atoms with van der Waals surface area (Å²) in [5.74, 6) is 1.43. The zero-order chi connectivity index (χ0) is 12.8. The van der Waals surface area contributed by atoms with Gasteiger partial charge in [-0.2, -0.15) is 0 Å². The number of likely N-dealkylation sites (N-methyl/N-ethyl adjacent to an activating group) is 1. The third kappa shape index (κ3) is 4.58. The highest BCUT2D eigenvalue weighted by Crippen LogP contribution is 2.05. The summed E-state index contributed by atoms with van der Waals surface area (Å²) >= 11 is 0. The molecular formula is C11H17N3O3. The second-order valence-corrected chi connectivity index (χ2v) is 3.81. The zero-order valence-corrected chi connectivity index (χ0v) is 10.0. The minimum atomic E-state index is -0.623. The van der Waals surface area contributed by atoms with Crippen LogP contribution < -0.4 is 11.1 Å². The van der Waals surface area contributed by atoms with Crippen LogP contribution in [0.3, 0.4) is 0 Å². The number of nitrogens with one attached hydrogen (secondary N) is 1. The Labute approximate surface area is 99.8 Å². The van der Waals surface area contributed by atoms with Gasteiger partial charge in [-0.15, -0.1) is 0 Å². The summed E-state index contributed by atoms with van der Waals surface area (Å²) < 4.78 is 5.35. The van der Waals surface area contributed by atoms with Crippen LogP contribution >= 0.6 is 0 Å². The number of amides is 3. The summed E-state index contributed by atoms with van der Waals surface area (Å²) in [6, 6.07) is 3.12. The second kappa shape index (κ2) is 5.93. The Hall–Kier alpha value is -1.98. The molecule has 3 N–H and O–H groups in total. The van der Waals surface area contributed by atoms with Crippen molar-refractivity contribution in [3.63, 3.8) is 0 Å². The predicted octanol–water partition coefficient (Wildman–Crippen LogP) is 0.257. The van der Waals surface area contributed by atoms with Crippen LogP contribution in [0.4, 0.5) is 4.79 Å². The average Bonchev–Trinajstić information content (AvgIpc) is 2.64. The molecular weight excluding hydrogens is 222 g/mol. The summed E-state index contributed by atoms with van der Waals surface area (Å²) in [5.41, 5.74) is 5.00. The maximum atomic E-state index is 11.4. The van der Waals surface area contributed by atoms with Crippen LogP contribution in [0.5, 0.6) is 0 Å². The standard InChI is InChI=1S/C11H17N3O3/c1-8-3-4-9(17-8)5-6-13-10(15)7-14(2)11(12)16/h3-4H,5-7H2,1-2H3,(H2,12,16)(H,13,15). The Balaban J connectivity index is 2.22. The molecule has 94 valence electrons. The van der Waals surface area contributed by atoms with E-state index in [-0.39, 0.29) is 12.5 Å². The second-order valence-electron chi connectivity index (χ2n) is 3.81. The molecule has 6 nitrogen and oxygen atoms in total. The predicted molar refractivity (Wildman–Crippen MR) is 62.4 cm³/mol. The Bertz CT molecular complexity index is 400. The van der Waals surface area contributed by atoms with Gasteiger partial charge in [0.1, 0.15) is 18.1 Å². The molecule has 0 saturated carbocycles. The number of aryl methyl sites for hydroxylation is 1. The molecule has 0 fully saturated rings. The maximum absolute atomic E-state index is 11.4. The minimum Gasteiger partial charge on any atom is -0.466 e. The molecule has 1 aromatic heterocycles. The Morgan fingerprint density at radius 1 is 1.47 bits per heavy atom. The van der Waals surface area contributed by atoms with Gasteiger partial charge in [0, 0.05) is 20.0 Å². The molecule has 0 radical (unpaired) electrons. The van der Waals surface area contributed by atoms with Gasteiger partial charge >= 0.3 is 6.03 Å². The number of carbonyl (C=O) groups is 2. The van der Waals surface area contributed by atoms with Crippen LogP contribution in [0.25, 0.3) is 0 Å². The summed E-state index contributed by atoms with van der Waals surface area (Å²) in [6.45, 7) is 2.30. The highest BCUT2D eigenvalue weighted by molar-refractivity contribution is 5.83. The first kappa shape index (κ1) is 13.1. The molecule has 1 aromatic rings. The van der Waals surface area contributed by atoms with Gasteiger partial charge < -0.3 is 20.4 Å². The highest BCUT2D eigenvalue weighted by Gasteiger charge is 2.08. The summed E-state index contributed by atoms with van der Waals surface area (Å²) in [7, 11) is 1.47. The van der Waals surface area contributed by atoms with Gasteiger partial charge in [-0.3, -0.25) is 4.79 Å². The van der Waals surface area contributed by atoms with Crippen LogP contribution in [-0.4, -0.2) is 37.0 Å². The van der Waals surface area contributed by atoms with Crippen LogP contribution in [0.2, 0.25) is 0 Å². The molecule has 0 spiro atoms. The lowest BCUT2D eigenvalue weighted by molar-refractivity contribution is -0.121. The molecule has 0 aromatic carbocycles. The van der Waals surface area contributed by atoms with Crippen molar-refractivity contribution in [1.29, 1.82) is 0 Å². The first-order valence-corrected chi connectivity index (χ1v) is 5.31. The van der Waals surface area contributed by atoms with Gasteiger partial charge in [0.05, 0.1) is 0 Å². The van der Waals surface area contributed by atoms with Crippen LogP contribution in [0, 0.1) is 6.92 Å². The first-order chi connectivity index (χ1) is 7.99. The number of nitrogens with two attached hydrogens (primary N) is 1. The maximum Gasteiger partial charge on any atom is 0.314 e. The molecule has 0 atom stereocenters. The fraction of sp³-hybridized carbons (Fsp3) is 0.455. The van der Waals surface area contributed by atoms with E-state index in [1.807, 2.05) is 19.1 Å². The topological polar surface area (TPSA) is 88.6 Å². The molecule has 0 bridgehead atoms. The van der Waals surface area contributed by atoms with E-state index in [2.05, 4.69) is 5.32 Å². The molecule has 0 aliphatic rings. The van der Waals surface area contributed by atoms with Crippen LogP contribution in [-0.2, 0) is 11.2 Å². The van der Waals surface area contributed by atoms with Crippen molar-refractivity contribution in [1.82, 2.24) is 10.2 Å². The van der Waals surface area contributed by atoms with Crippen molar-refractivity contribution in [2.45, 2.75) is 13.3 Å². The van der Waals surface area contributed by atoms with Crippen LogP contribution in [0.15, 0.2) is 16.5 Å². The van der Waals surface area contributed by atoms with Crippen molar-refractivity contribution >= 4 is 11.9 Å². The Morgan fingerprint density at radius 3 is 2.71 bits per heavy atom. The molecule has 0 saturated heterocycles. The van der Waals surface area contributed by atoms with Gasteiger partial charge in [-0.1, -0.05) is 0 Å². The highest BCUT2D eigenvalue weighted by atomic mass is 16.3. The fourth-order valence-corrected chi connectivity index (χ4v) is 1.29. The normalized spacial score (nSPS) is 10.0. The van der Waals surface area contributed by atoms with E-state index in [1.165, 1.54) is 7.05 Å².